The highest BCUT2D eigenvalue weighted by Crippen LogP contribution is 2.60. The Bertz CT molecular complexity index is 1010. The molecule has 0 bridgehead atoms. The number of hydrogen-bond donors (Lipinski definition) is 0. The lowest BCUT2D eigenvalue weighted by molar-refractivity contribution is -0.129. The van der Waals surface area contributed by atoms with E-state index in [4.69, 9.17) is 6.57 Å². The number of carbonyl (C=O) groups excluding carboxylic acids is 2. The normalized spacial score (nSPS) is 31.1. The lowest BCUT2D eigenvalue weighted by Gasteiger charge is -2.54. The van der Waals surface area contributed by atoms with Gasteiger partial charge in [-0.3, -0.25) is 4.79 Å². The molecule has 3 atom stereocenters. The molecule has 0 N–H and O–H groups in total. The summed E-state index contributed by atoms with van der Waals surface area (Å²) < 4.78 is 0. The highest BCUT2D eigenvalue weighted by molar-refractivity contribution is 6.10. The minimum Gasteiger partial charge on any atom is -0.307 e. The maximum absolute atomic E-state index is 12.7. The summed E-state index contributed by atoms with van der Waals surface area (Å²) in [5, 5.41) is 9.47. The Labute approximate surface area is 159 Å². The molecule has 0 spiro atoms. The Morgan fingerprint density at radius 1 is 1.33 bits per heavy atom. The van der Waals surface area contributed by atoms with Gasteiger partial charge in [-0.1, -0.05) is 45.3 Å². The Morgan fingerprint density at radius 3 is 2.63 bits per heavy atom. The molecule has 1 saturated carbocycles. The standard InChI is InChI=1S/C23H20N2O2/c1-6-7-8-14-15-9-10-20-22(2,3)21(27)18(25-5)12-23(20,4)17(15)11-19(26)16(14)13-24/h6,11-12,15,20H,1,9-10H2,2-4H3. The van der Waals surface area contributed by atoms with Crippen LogP contribution in [-0.4, -0.2) is 11.6 Å². The van der Waals surface area contributed by atoms with Gasteiger partial charge in [0.2, 0.25) is 5.70 Å². The van der Waals surface area contributed by atoms with Crippen LogP contribution in [0.1, 0.15) is 33.6 Å². The number of Topliss-reactive ketones (excluding diaryl/α,β-unsaturated/α-hetero) is 1. The highest BCUT2D eigenvalue weighted by atomic mass is 16.1. The number of hydrogen-bond acceptors (Lipinski definition) is 3. The van der Waals surface area contributed by atoms with E-state index in [9.17, 15) is 14.9 Å². The first kappa shape index (κ1) is 18.6. The number of rotatable bonds is 0. The second kappa shape index (κ2) is 6.22. The lowest BCUT2D eigenvalue weighted by Crippen LogP contribution is -2.51. The minimum absolute atomic E-state index is 0.0180. The van der Waals surface area contributed by atoms with Crippen LogP contribution in [0.3, 0.4) is 0 Å². The maximum Gasteiger partial charge on any atom is 0.226 e. The van der Waals surface area contributed by atoms with Crippen LogP contribution in [0.15, 0.2) is 47.2 Å². The van der Waals surface area contributed by atoms with E-state index in [1.165, 1.54) is 6.08 Å². The third-order valence-corrected chi connectivity index (χ3v) is 6.28. The number of allylic oxidation sites excluding steroid dienone is 7. The summed E-state index contributed by atoms with van der Waals surface area (Å²) in [5.41, 5.74) is 0.314. The van der Waals surface area contributed by atoms with Gasteiger partial charge in [0.05, 0.1) is 6.57 Å². The zero-order valence-electron chi connectivity index (χ0n) is 15.7. The molecule has 0 aromatic rings. The molecule has 27 heavy (non-hydrogen) atoms. The fourth-order valence-corrected chi connectivity index (χ4v) is 5.05. The summed E-state index contributed by atoms with van der Waals surface area (Å²) in [6, 6.07) is 2.00. The molecule has 0 radical (unpaired) electrons. The van der Waals surface area contributed by atoms with E-state index in [0.717, 1.165) is 12.0 Å². The van der Waals surface area contributed by atoms with Crippen molar-refractivity contribution in [3.63, 3.8) is 0 Å². The molecule has 4 nitrogen and oxygen atoms in total. The van der Waals surface area contributed by atoms with Crippen LogP contribution in [0, 0.1) is 52.4 Å². The quantitative estimate of drug-likeness (QED) is 0.488. The predicted molar refractivity (Wildman–Crippen MR) is 101 cm³/mol. The Morgan fingerprint density at radius 2 is 2.04 bits per heavy atom. The van der Waals surface area contributed by atoms with Gasteiger partial charge in [0, 0.05) is 22.3 Å². The molecule has 1 fully saturated rings. The van der Waals surface area contributed by atoms with Crippen molar-refractivity contribution < 1.29 is 9.59 Å². The lowest BCUT2D eigenvalue weighted by atomic mass is 9.48. The first-order valence-corrected chi connectivity index (χ1v) is 8.90. The molecular weight excluding hydrogens is 336 g/mol. The average Bonchev–Trinajstić information content (AvgIpc) is 2.63. The number of nitriles is 1. The fraction of sp³-hybridized carbons (Fsp3) is 0.391. The number of ketones is 2. The van der Waals surface area contributed by atoms with Crippen molar-refractivity contribution >= 4 is 11.6 Å². The third kappa shape index (κ3) is 2.51. The van der Waals surface area contributed by atoms with Gasteiger partial charge in [0.15, 0.2) is 11.6 Å². The Kier molecular flexibility index (Phi) is 4.29. The molecule has 3 rings (SSSR count). The monoisotopic (exact) mass is 356 g/mol. The first-order chi connectivity index (χ1) is 12.7. The van der Waals surface area contributed by atoms with Gasteiger partial charge in [0.25, 0.3) is 0 Å². The van der Waals surface area contributed by atoms with Gasteiger partial charge >= 0.3 is 0 Å². The molecule has 0 aromatic carbocycles. The third-order valence-electron chi connectivity index (χ3n) is 6.28. The highest BCUT2D eigenvalue weighted by Gasteiger charge is 2.56. The van der Waals surface area contributed by atoms with Gasteiger partial charge < -0.3 is 4.79 Å². The smallest absolute Gasteiger partial charge is 0.226 e. The summed E-state index contributed by atoms with van der Waals surface area (Å²) in [7, 11) is 0. The molecule has 0 aliphatic heterocycles. The molecule has 0 aromatic heterocycles. The van der Waals surface area contributed by atoms with Crippen LogP contribution >= 0.6 is 0 Å². The first-order valence-electron chi connectivity index (χ1n) is 8.90. The summed E-state index contributed by atoms with van der Waals surface area (Å²) in [6.45, 7) is 16.8. The second-order valence-corrected chi connectivity index (χ2v) is 8.00. The molecule has 3 unspecified atom stereocenters. The minimum atomic E-state index is -0.690. The molecule has 3 aliphatic carbocycles. The number of nitrogens with zero attached hydrogens (tertiary/aromatic N) is 2. The van der Waals surface area contributed by atoms with Crippen LogP contribution in [0.2, 0.25) is 0 Å². The van der Waals surface area contributed by atoms with Crippen LogP contribution in [0.4, 0.5) is 0 Å². The molecule has 3 aliphatic rings. The predicted octanol–water partition coefficient (Wildman–Crippen LogP) is 3.95. The van der Waals surface area contributed by atoms with Gasteiger partial charge in [-0.05, 0) is 36.5 Å². The van der Waals surface area contributed by atoms with E-state index < -0.39 is 10.8 Å². The number of fused-ring (bicyclic) bond motifs is 3. The van der Waals surface area contributed by atoms with E-state index in [-0.39, 0.29) is 34.7 Å². The van der Waals surface area contributed by atoms with Crippen LogP contribution in [0.5, 0.6) is 0 Å². The van der Waals surface area contributed by atoms with Crippen LogP contribution in [0.25, 0.3) is 4.85 Å². The summed E-state index contributed by atoms with van der Waals surface area (Å²) in [6.07, 6.45) is 6.18. The van der Waals surface area contributed by atoms with Crippen LogP contribution in [-0.2, 0) is 9.59 Å². The van der Waals surface area contributed by atoms with Gasteiger partial charge in [0.1, 0.15) is 11.6 Å². The second-order valence-electron chi connectivity index (χ2n) is 8.00. The molecular formula is C23H20N2O2. The SMILES string of the molecule is [C-]#[N+]C1=CC2(C)C3=CC(=O)C(C#N)=C(C#CC=C)C3CCC2C(C)(C)C1=O. The number of carbonyl (C=O) groups is 2. The van der Waals surface area contributed by atoms with Crippen molar-refractivity contribution in [2.75, 3.05) is 0 Å². The van der Waals surface area contributed by atoms with Gasteiger partial charge in [-0.2, -0.15) is 5.26 Å². The van der Waals surface area contributed by atoms with Crippen molar-refractivity contribution in [1.82, 2.24) is 0 Å². The van der Waals surface area contributed by atoms with E-state index in [1.54, 1.807) is 12.2 Å². The van der Waals surface area contributed by atoms with Crippen molar-refractivity contribution in [2.45, 2.75) is 33.6 Å². The van der Waals surface area contributed by atoms with Crippen LogP contribution < -0.4 is 0 Å². The van der Waals surface area contributed by atoms with Crippen molar-refractivity contribution in [3.05, 3.63) is 58.6 Å². The maximum atomic E-state index is 12.7. The fourth-order valence-electron chi connectivity index (χ4n) is 5.05. The largest absolute Gasteiger partial charge is 0.307 e. The van der Waals surface area contributed by atoms with Crippen molar-refractivity contribution in [3.8, 4) is 17.9 Å². The zero-order chi connectivity index (χ0) is 20.0. The molecule has 0 saturated heterocycles. The zero-order valence-corrected chi connectivity index (χ0v) is 15.7. The van der Waals surface area contributed by atoms with E-state index >= 15 is 0 Å². The van der Waals surface area contributed by atoms with Crippen molar-refractivity contribution in [2.24, 2.45) is 22.7 Å². The topological polar surface area (TPSA) is 62.3 Å². The molecule has 4 heteroatoms. The summed E-state index contributed by atoms with van der Waals surface area (Å²) in [5.74, 6) is 5.05. The Hall–Kier alpha value is -3.16. The van der Waals surface area contributed by atoms with E-state index in [1.807, 2.05) is 26.8 Å². The van der Waals surface area contributed by atoms with Gasteiger partial charge in [-0.15, -0.1) is 0 Å². The Balaban J connectivity index is 2.24. The van der Waals surface area contributed by atoms with E-state index in [2.05, 4.69) is 23.3 Å². The summed E-state index contributed by atoms with van der Waals surface area (Å²) in [4.78, 5) is 28.9. The molecule has 134 valence electrons. The van der Waals surface area contributed by atoms with Crippen molar-refractivity contribution in [1.29, 1.82) is 5.26 Å². The molecule has 0 heterocycles. The average molecular weight is 356 g/mol. The van der Waals surface area contributed by atoms with Gasteiger partial charge in [-0.25, -0.2) is 4.85 Å². The summed E-state index contributed by atoms with van der Waals surface area (Å²) >= 11 is 0. The van der Waals surface area contributed by atoms with E-state index in [0.29, 0.717) is 12.0 Å². The molecule has 0 amide bonds.